The van der Waals surface area contributed by atoms with E-state index in [1.54, 1.807) is 0 Å². The van der Waals surface area contributed by atoms with Crippen molar-refractivity contribution in [1.82, 2.24) is 9.97 Å². The Bertz CT molecular complexity index is 2300. The van der Waals surface area contributed by atoms with Crippen LogP contribution < -0.4 is 4.74 Å². The van der Waals surface area contributed by atoms with E-state index in [1.807, 2.05) is 12.3 Å². The largest absolute Gasteiger partial charge is 0.457 e. The summed E-state index contributed by atoms with van der Waals surface area (Å²) in [5, 5.41) is 1.15. The molecule has 0 amide bonds. The van der Waals surface area contributed by atoms with Gasteiger partial charge in [0.1, 0.15) is 11.5 Å². The summed E-state index contributed by atoms with van der Waals surface area (Å²) < 4.78 is 6.64. The number of aryl methyl sites for hydroxylation is 1. The standard InChI is InChI=1S/C43H30N2O/c1-5-13-39-29(9-1)21-31(25-44-39)27-17-19-33-34-20-18-28(32-22-30-10-2-6-14-40(30)45-26-32)24-38(34)43(37(33)23-27)35-11-3-7-15-41(35)46-42-16-8-4-12-36(42)43/h1,3-9,11-23,25-26,38H,2,10,24H2. The summed E-state index contributed by atoms with van der Waals surface area (Å²) in [5.41, 5.74) is 14.4. The number of benzene rings is 4. The van der Waals surface area contributed by atoms with Gasteiger partial charge in [0.05, 0.1) is 16.6 Å². The first-order valence-electron chi connectivity index (χ1n) is 16.2. The van der Waals surface area contributed by atoms with Crippen LogP contribution in [0.1, 0.15) is 51.9 Å². The van der Waals surface area contributed by atoms with E-state index >= 15 is 0 Å². The summed E-state index contributed by atoms with van der Waals surface area (Å²) in [6.07, 6.45) is 16.2. The predicted octanol–water partition coefficient (Wildman–Crippen LogP) is 10.2. The van der Waals surface area contributed by atoms with E-state index in [0.717, 1.165) is 52.9 Å². The molecule has 3 aliphatic carbocycles. The van der Waals surface area contributed by atoms with Crippen LogP contribution in [-0.2, 0) is 11.8 Å². The van der Waals surface area contributed by atoms with E-state index in [4.69, 9.17) is 14.7 Å². The predicted molar refractivity (Wildman–Crippen MR) is 186 cm³/mol. The molecule has 1 atom stereocenters. The Hall–Kier alpha value is -5.54. The van der Waals surface area contributed by atoms with Crippen molar-refractivity contribution in [3.63, 3.8) is 0 Å². The van der Waals surface area contributed by atoms with Crippen molar-refractivity contribution in [2.75, 3.05) is 0 Å². The lowest BCUT2D eigenvalue weighted by atomic mass is 9.61. The van der Waals surface area contributed by atoms with Gasteiger partial charge in [-0.25, -0.2) is 0 Å². The van der Waals surface area contributed by atoms with Gasteiger partial charge in [-0.15, -0.1) is 0 Å². The molecule has 2 aromatic heterocycles. The second kappa shape index (κ2) is 9.73. The van der Waals surface area contributed by atoms with Crippen molar-refractivity contribution in [2.24, 2.45) is 5.92 Å². The molecular weight excluding hydrogens is 560 g/mol. The molecule has 3 heterocycles. The maximum absolute atomic E-state index is 6.64. The van der Waals surface area contributed by atoms with Gasteiger partial charge in [0.2, 0.25) is 0 Å². The van der Waals surface area contributed by atoms with E-state index in [2.05, 4.69) is 128 Å². The normalized spacial score (nSPS) is 18.0. The fourth-order valence-electron chi connectivity index (χ4n) is 8.47. The monoisotopic (exact) mass is 590 g/mol. The molecule has 4 aliphatic rings. The third kappa shape index (κ3) is 3.60. The van der Waals surface area contributed by atoms with Gasteiger partial charge in [-0.1, -0.05) is 85.0 Å². The number of ether oxygens (including phenoxy) is 1. The van der Waals surface area contributed by atoms with Crippen LogP contribution in [0.2, 0.25) is 0 Å². The Kier molecular flexibility index (Phi) is 5.45. The van der Waals surface area contributed by atoms with Crippen molar-refractivity contribution < 1.29 is 4.74 Å². The van der Waals surface area contributed by atoms with Gasteiger partial charge in [-0.05, 0) is 101 Å². The van der Waals surface area contributed by atoms with Crippen LogP contribution in [0, 0.1) is 5.92 Å². The second-order valence-electron chi connectivity index (χ2n) is 12.9. The van der Waals surface area contributed by atoms with E-state index in [1.165, 1.54) is 50.1 Å². The highest BCUT2D eigenvalue weighted by Crippen LogP contribution is 2.65. The number of para-hydroxylation sites is 3. The summed E-state index contributed by atoms with van der Waals surface area (Å²) in [5.74, 6) is 2.06. The molecule has 0 radical (unpaired) electrons. The second-order valence-corrected chi connectivity index (χ2v) is 12.9. The number of nitrogens with zero attached hydrogens (tertiary/aromatic N) is 2. The maximum Gasteiger partial charge on any atom is 0.131 e. The SMILES string of the molecule is C1=Cc2ncc(C3=CC=C4c5ccc(-c6cnc7ccccc7c6)cc5C5(c6ccccc6Oc6ccccc65)C4C3)cc2CC1. The molecule has 218 valence electrons. The molecule has 3 heteroatoms. The van der Waals surface area contributed by atoms with E-state index in [9.17, 15) is 0 Å². The summed E-state index contributed by atoms with van der Waals surface area (Å²) in [7, 11) is 0. The molecule has 1 aliphatic heterocycles. The van der Waals surface area contributed by atoms with Crippen LogP contribution in [0.4, 0.5) is 0 Å². The summed E-state index contributed by atoms with van der Waals surface area (Å²) in [6.45, 7) is 0. The fraction of sp³-hybridized carbons (Fsp3) is 0.116. The molecule has 1 unspecified atom stereocenters. The first kappa shape index (κ1) is 25.8. The molecule has 3 nitrogen and oxygen atoms in total. The number of hydrogen-bond acceptors (Lipinski definition) is 3. The van der Waals surface area contributed by atoms with Crippen LogP contribution in [0.3, 0.4) is 0 Å². The zero-order valence-corrected chi connectivity index (χ0v) is 25.3. The highest BCUT2D eigenvalue weighted by atomic mass is 16.5. The van der Waals surface area contributed by atoms with E-state index < -0.39 is 5.41 Å². The van der Waals surface area contributed by atoms with Gasteiger partial charge >= 0.3 is 0 Å². The lowest BCUT2D eigenvalue weighted by molar-refractivity contribution is 0.384. The molecule has 0 saturated heterocycles. The minimum absolute atomic E-state index is 0.189. The van der Waals surface area contributed by atoms with Crippen LogP contribution in [0.25, 0.3) is 39.3 Å². The smallest absolute Gasteiger partial charge is 0.131 e. The molecule has 0 N–H and O–H groups in total. The van der Waals surface area contributed by atoms with Crippen LogP contribution in [0.5, 0.6) is 11.5 Å². The lowest BCUT2D eigenvalue weighted by Crippen LogP contribution is -2.37. The summed E-state index contributed by atoms with van der Waals surface area (Å²) in [6, 6.07) is 37.4. The third-order valence-corrected chi connectivity index (χ3v) is 10.5. The van der Waals surface area contributed by atoms with Crippen molar-refractivity contribution in [2.45, 2.75) is 24.7 Å². The molecule has 0 saturated carbocycles. The van der Waals surface area contributed by atoms with Gasteiger partial charge in [0.25, 0.3) is 0 Å². The van der Waals surface area contributed by atoms with Crippen molar-refractivity contribution in [3.8, 4) is 22.6 Å². The average Bonchev–Trinajstić information content (AvgIpc) is 3.40. The number of hydrogen-bond donors (Lipinski definition) is 0. The van der Waals surface area contributed by atoms with Gasteiger partial charge in [0, 0.05) is 40.4 Å². The fourth-order valence-corrected chi connectivity index (χ4v) is 8.47. The van der Waals surface area contributed by atoms with Gasteiger partial charge in [-0.2, -0.15) is 0 Å². The highest BCUT2D eigenvalue weighted by Gasteiger charge is 2.56. The number of rotatable bonds is 2. The zero-order valence-electron chi connectivity index (χ0n) is 25.3. The Labute approximate surface area is 268 Å². The Morgan fingerprint density at radius 1 is 0.674 bits per heavy atom. The van der Waals surface area contributed by atoms with Crippen molar-refractivity contribution in [3.05, 3.63) is 173 Å². The average molecular weight is 591 g/mol. The molecule has 1 spiro atoms. The molecule has 4 aromatic carbocycles. The molecular formula is C43H30N2O. The Morgan fingerprint density at radius 3 is 2.33 bits per heavy atom. The summed E-state index contributed by atoms with van der Waals surface area (Å²) >= 11 is 0. The first-order valence-corrected chi connectivity index (χ1v) is 16.2. The summed E-state index contributed by atoms with van der Waals surface area (Å²) in [4.78, 5) is 9.71. The first-order chi connectivity index (χ1) is 22.8. The molecule has 46 heavy (non-hydrogen) atoms. The number of allylic oxidation sites excluding steroid dienone is 5. The van der Waals surface area contributed by atoms with Crippen LogP contribution in [0.15, 0.2) is 134 Å². The van der Waals surface area contributed by atoms with Gasteiger partial charge < -0.3 is 4.74 Å². The quantitative estimate of drug-likeness (QED) is 0.201. The molecule has 0 fully saturated rings. The Balaban J connectivity index is 1.21. The highest BCUT2D eigenvalue weighted by molar-refractivity contribution is 5.92. The van der Waals surface area contributed by atoms with Crippen molar-refractivity contribution in [1.29, 1.82) is 0 Å². The maximum atomic E-state index is 6.64. The zero-order chi connectivity index (χ0) is 30.2. The number of aromatic nitrogens is 2. The van der Waals surface area contributed by atoms with E-state index in [0.29, 0.717) is 0 Å². The van der Waals surface area contributed by atoms with Gasteiger partial charge in [-0.3, -0.25) is 9.97 Å². The molecule has 10 rings (SSSR count). The van der Waals surface area contributed by atoms with E-state index in [-0.39, 0.29) is 5.92 Å². The lowest BCUT2D eigenvalue weighted by Gasteiger charge is -2.43. The van der Waals surface area contributed by atoms with Crippen LogP contribution >= 0.6 is 0 Å². The number of fused-ring (bicyclic) bond motifs is 11. The minimum Gasteiger partial charge on any atom is -0.457 e. The number of pyridine rings is 2. The molecule has 6 aromatic rings. The Morgan fingerprint density at radius 2 is 1.46 bits per heavy atom. The minimum atomic E-state index is -0.420. The topological polar surface area (TPSA) is 35.0 Å². The van der Waals surface area contributed by atoms with Gasteiger partial charge in [0.15, 0.2) is 0 Å². The molecule has 0 bridgehead atoms. The third-order valence-electron chi connectivity index (χ3n) is 10.5. The van der Waals surface area contributed by atoms with Crippen molar-refractivity contribution >= 4 is 28.1 Å². The van der Waals surface area contributed by atoms with Crippen LogP contribution in [-0.4, -0.2) is 9.97 Å².